The molecular formula is C12H20ClN3S. The second-order valence-corrected chi connectivity index (χ2v) is 6.47. The van der Waals surface area contributed by atoms with E-state index >= 15 is 0 Å². The highest BCUT2D eigenvalue weighted by atomic mass is 35.5. The number of nitrogens with one attached hydrogen (secondary N) is 1. The molecule has 17 heavy (non-hydrogen) atoms. The molecule has 1 fully saturated rings. The van der Waals surface area contributed by atoms with Crippen LogP contribution in [0.5, 0.6) is 0 Å². The third kappa shape index (κ3) is 2.64. The van der Waals surface area contributed by atoms with E-state index < -0.39 is 0 Å². The third-order valence-corrected chi connectivity index (χ3v) is 5.61. The van der Waals surface area contributed by atoms with Crippen LogP contribution in [0.1, 0.15) is 30.7 Å². The van der Waals surface area contributed by atoms with Gasteiger partial charge in [-0.15, -0.1) is 0 Å². The average Bonchev–Trinajstić information content (AvgIpc) is 2.48. The monoisotopic (exact) mass is 273 g/mol. The Kier molecular flexibility index (Phi) is 4.06. The first-order chi connectivity index (χ1) is 8.08. The lowest BCUT2D eigenvalue weighted by molar-refractivity contribution is 0.344. The lowest BCUT2D eigenvalue weighted by atomic mass is 9.84. The van der Waals surface area contributed by atoms with E-state index in [0.717, 1.165) is 29.5 Å². The molecule has 0 bridgehead atoms. The van der Waals surface area contributed by atoms with Crippen LogP contribution in [0.25, 0.3) is 0 Å². The number of aromatic nitrogens is 2. The number of hydrogen-bond donors (Lipinski definition) is 1. The fourth-order valence-electron chi connectivity index (χ4n) is 2.31. The van der Waals surface area contributed by atoms with Crippen LogP contribution in [0, 0.1) is 6.92 Å². The van der Waals surface area contributed by atoms with E-state index in [2.05, 4.69) is 16.7 Å². The van der Waals surface area contributed by atoms with Crippen LogP contribution < -0.4 is 5.32 Å². The first-order valence-electron chi connectivity index (χ1n) is 6.02. The molecule has 0 saturated heterocycles. The Morgan fingerprint density at radius 1 is 1.53 bits per heavy atom. The van der Waals surface area contributed by atoms with Crippen molar-refractivity contribution in [2.75, 3.05) is 12.8 Å². The van der Waals surface area contributed by atoms with Crippen LogP contribution >= 0.6 is 23.4 Å². The summed E-state index contributed by atoms with van der Waals surface area (Å²) in [5, 5.41) is 8.64. The molecule has 0 aromatic carbocycles. The topological polar surface area (TPSA) is 29.9 Å². The molecule has 1 aromatic rings. The first kappa shape index (κ1) is 13.2. The second-order valence-electron chi connectivity index (χ2n) is 4.81. The van der Waals surface area contributed by atoms with Gasteiger partial charge in [-0.05, 0) is 26.0 Å². The standard InChI is InChI=1S/C12H20ClN3S/c1-9-11(13)10(16(2)15-9)7-14-8-12(17-3)5-4-6-12/h14H,4-8H2,1-3H3. The van der Waals surface area contributed by atoms with Gasteiger partial charge in [-0.25, -0.2) is 0 Å². The van der Waals surface area contributed by atoms with Crippen molar-refractivity contribution in [1.82, 2.24) is 15.1 Å². The molecule has 1 N–H and O–H groups in total. The SMILES string of the molecule is CSC1(CNCc2c(Cl)c(C)nn2C)CCC1. The summed E-state index contributed by atoms with van der Waals surface area (Å²) in [6.45, 7) is 3.81. The van der Waals surface area contributed by atoms with Gasteiger partial charge in [-0.2, -0.15) is 16.9 Å². The minimum absolute atomic E-state index is 0.472. The summed E-state index contributed by atoms with van der Waals surface area (Å²) in [6.07, 6.45) is 6.24. The maximum absolute atomic E-state index is 6.22. The Hall–Kier alpha value is -0.190. The van der Waals surface area contributed by atoms with Crippen LogP contribution in [0.4, 0.5) is 0 Å². The zero-order chi connectivity index (χ0) is 12.5. The minimum atomic E-state index is 0.472. The van der Waals surface area contributed by atoms with Gasteiger partial charge < -0.3 is 5.32 Å². The molecule has 0 spiro atoms. The van der Waals surface area contributed by atoms with Crippen LogP contribution in [0.3, 0.4) is 0 Å². The number of nitrogens with zero attached hydrogens (tertiary/aromatic N) is 2. The van der Waals surface area contributed by atoms with Gasteiger partial charge in [0.15, 0.2) is 0 Å². The molecule has 1 heterocycles. The molecule has 1 aliphatic rings. The maximum atomic E-state index is 6.22. The average molecular weight is 274 g/mol. The Morgan fingerprint density at radius 2 is 2.24 bits per heavy atom. The smallest absolute Gasteiger partial charge is 0.0860 e. The Labute approximate surface area is 112 Å². The summed E-state index contributed by atoms with van der Waals surface area (Å²) >= 11 is 8.21. The summed E-state index contributed by atoms with van der Waals surface area (Å²) in [5.74, 6) is 0. The van der Waals surface area contributed by atoms with E-state index in [1.807, 2.05) is 30.4 Å². The Balaban J connectivity index is 1.90. The maximum Gasteiger partial charge on any atom is 0.0860 e. The van der Waals surface area contributed by atoms with E-state index in [4.69, 9.17) is 11.6 Å². The molecule has 1 saturated carbocycles. The van der Waals surface area contributed by atoms with E-state index in [-0.39, 0.29) is 0 Å². The predicted octanol–water partition coefficient (Wildman–Crippen LogP) is 2.76. The minimum Gasteiger partial charge on any atom is -0.310 e. The number of thioether (sulfide) groups is 1. The molecule has 1 aliphatic carbocycles. The Morgan fingerprint density at radius 3 is 2.65 bits per heavy atom. The van der Waals surface area contributed by atoms with Crippen molar-refractivity contribution in [3.05, 3.63) is 16.4 Å². The normalized spacial score (nSPS) is 18.1. The Bertz CT molecular complexity index is 393. The van der Waals surface area contributed by atoms with Crippen LogP contribution in [0.2, 0.25) is 5.02 Å². The van der Waals surface area contributed by atoms with Gasteiger partial charge in [0.2, 0.25) is 0 Å². The zero-order valence-corrected chi connectivity index (χ0v) is 12.3. The van der Waals surface area contributed by atoms with Gasteiger partial charge in [0, 0.05) is 24.9 Å². The highest BCUT2D eigenvalue weighted by Gasteiger charge is 2.35. The molecule has 0 unspecified atom stereocenters. The molecular weight excluding hydrogens is 254 g/mol. The van der Waals surface area contributed by atoms with Crippen molar-refractivity contribution in [2.24, 2.45) is 7.05 Å². The van der Waals surface area contributed by atoms with Crippen molar-refractivity contribution >= 4 is 23.4 Å². The van der Waals surface area contributed by atoms with Crippen molar-refractivity contribution in [2.45, 2.75) is 37.5 Å². The molecule has 96 valence electrons. The highest BCUT2D eigenvalue weighted by Crippen LogP contribution is 2.42. The van der Waals surface area contributed by atoms with Crippen LogP contribution in [-0.2, 0) is 13.6 Å². The molecule has 0 atom stereocenters. The van der Waals surface area contributed by atoms with E-state index in [0.29, 0.717) is 4.75 Å². The number of hydrogen-bond acceptors (Lipinski definition) is 3. The van der Waals surface area contributed by atoms with E-state index in [1.54, 1.807) is 0 Å². The van der Waals surface area contributed by atoms with Crippen molar-refractivity contribution in [1.29, 1.82) is 0 Å². The van der Waals surface area contributed by atoms with Crippen LogP contribution in [0.15, 0.2) is 0 Å². The van der Waals surface area contributed by atoms with Crippen molar-refractivity contribution < 1.29 is 0 Å². The van der Waals surface area contributed by atoms with Crippen LogP contribution in [-0.4, -0.2) is 27.3 Å². The largest absolute Gasteiger partial charge is 0.310 e. The van der Waals surface area contributed by atoms with Crippen molar-refractivity contribution in [3.63, 3.8) is 0 Å². The van der Waals surface area contributed by atoms with Gasteiger partial charge >= 0.3 is 0 Å². The summed E-state index contributed by atoms with van der Waals surface area (Å²) in [7, 11) is 1.95. The third-order valence-electron chi connectivity index (χ3n) is 3.70. The van der Waals surface area contributed by atoms with E-state index in [1.165, 1.54) is 19.3 Å². The predicted molar refractivity (Wildman–Crippen MR) is 74.8 cm³/mol. The highest BCUT2D eigenvalue weighted by molar-refractivity contribution is 8.00. The first-order valence-corrected chi connectivity index (χ1v) is 7.62. The molecule has 5 heteroatoms. The lowest BCUT2D eigenvalue weighted by Crippen LogP contribution is -2.43. The number of rotatable bonds is 5. The summed E-state index contributed by atoms with van der Waals surface area (Å²) < 4.78 is 2.34. The number of halogens is 1. The quantitative estimate of drug-likeness (QED) is 0.895. The van der Waals surface area contributed by atoms with Gasteiger partial charge in [0.1, 0.15) is 0 Å². The summed E-state index contributed by atoms with van der Waals surface area (Å²) in [5.41, 5.74) is 1.99. The molecule has 3 nitrogen and oxygen atoms in total. The van der Waals surface area contributed by atoms with E-state index in [9.17, 15) is 0 Å². The molecule has 2 rings (SSSR count). The van der Waals surface area contributed by atoms with Gasteiger partial charge in [-0.3, -0.25) is 4.68 Å². The number of aryl methyl sites for hydroxylation is 2. The molecule has 1 aromatic heterocycles. The molecule has 0 radical (unpaired) electrons. The van der Waals surface area contributed by atoms with Gasteiger partial charge in [0.25, 0.3) is 0 Å². The fourth-order valence-corrected chi connectivity index (χ4v) is 3.48. The second kappa shape index (κ2) is 5.21. The summed E-state index contributed by atoms with van der Waals surface area (Å²) in [4.78, 5) is 0. The molecule has 0 amide bonds. The lowest BCUT2D eigenvalue weighted by Gasteiger charge is -2.40. The fraction of sp³-hybridized carbons (Fsp3) is 0.750. The zero-order valence-electron chi connectivity index (χ0n) is 10.7. The summed E-state index contributed by atoms with van der Waals surface area (Å²) in [6, 6.07) is 0. The van der Waals surface area contributed by atoms with Gasteiger partial charge in [0.05, 0.1) is 16.4 Å². The molecule has 0 aliphatic heterocycles. The van der Waals surface area contributed by atoms with Crippen molar-refractivity contribution in [3.8, 4) is 0 Å². The van der Waals surface area contributed by atoms with Gasteiger partial charge in [-0.1, -0.05) is 18.0 Å².